The molecule has 0 aromatic heterocycles. The Kier molecular flexibility index (Phi) is 5.84. The Bertz CT molecular complexity index is 690. The fourth-order valence-electron chi connectivity index (χ4n) is 2.06. The van der Waals surface area contributed by atoms with E-state index in [1.54, 1.807) is 24.3 Å². The lowest BCUT2D eigenvalue weighted by Crippen LogP contribution is -2.38. The summed E-state index contributed by atoms with van der Waals surface area (Å²) in [6, 6.07) is 6.22. The van der Waals surface area contributed by atoms with Gasteiger partial charge in [-0.3, -0.25) is 4.79 Å². The molecule has 0 bridgehead atoms. The number of rotatable bonds is 6. The van der Waals surface area contributed by atoms with Crippen molar-refractivity contribution >= 4 is 33.3 Å². The Morgan fingerprint density at radius 1 is 1.26 bits per heavy atom. The molecule has 1 aliphatic rings. The van der Waals surface area contributed by atoms with E-state index in [0.29, 0.717) is 17.2 Å². The van der Waals surface area contributed by atoms with Crippen LogP contribution in [0.25, 0.3) is 0 Å². The van der Waals surface area contributed by atoms with Crippen molar-refractivity contribution in [1.82, 2.24) is 5.32 Å². The summed E-state index contributed by atoms with van der Waals surface area (Å²) < 4.78 is 32.5. The standard InChI is InChI=1S/C14H16ClNO6S/c15-11-3-1-2-4-12(11)21-8-14(18)22-7-13(17)16-10-5-6-23(19,20)9-10/h1-4,10H,5-9H2,(H,16,17)/t10-/m0/s1. The van der Waals surface area contributed by atoms with E-state index in [-0.39, 0.29) is 18.1 Å². The number of benzene rings is 1. The van der Waals surface area contributed by atoms with Crippen LogP contribution in [0.4, 0.5) is 0 Å². The fourth-order valence-corrected chi connectivity index (χ4v) is 3.93. The molecule has 1 aliphatic heterocycles. The van der Waals surface area contributed by atoms with E-state index in [1.807, 2.05) is 0 Å². The molecule has 1 N–H and O–H groups in total. The quantitative estimate of drug-likeness (QED) is 0.743. The van der Waals surface area contributed by atoms with Gasteiger partial charge in [-0.15, -0.1) is 0 Å². The normalized spacial score (nSPS) is 19.1. The van der Waals surface area contributed by atoms with Gasteiger partial charge in [0.25, 0.3) is 5.91 Å². The van der Waals surface area contributed by atoms with Gasteiger partial charge in [-0.25, -0.2) is 13.2 Å². The van der Waals surface area contributed by atoms with E-state index < -0.39 is 34.4 Å². The van der Waals surface area contributed by atoms with E-state index in [1.165, 1.54) is 0 Å². The average molecular weight is 362 g/mol. The van der Waals surface area contributed by atoms with Crippen LogP contribution >= 0.6 is 11.6 Å². The van der Waals surface area contributed by atoms with Crippen LogP contribution in [0.1, 0.15) is 6.42 Å². The minimum atomic E-state index is -3.07. The highest BCUT2D eigenvalue weighted by Gasteiger charge is 2.29. The average Bonchev–Trinajstić information content (AvgIpc) is 2.83. The summed E-state index contributed by atoms with van der Waals surface area (Å²) in [5.74, 6) is -0.949. The number of carbonyl (C=O) groups excluding carboxylic acids is 2. The second kappa shape index (κ2) is 7.65. The molecule has 0 aliphatic carbocycles. The van der Waals surface area contributed by atoms with Gasteiger partial charge in [0.1, 0.15) is 5.75 Å². The molecule has 1 amide bonds. The van der Waals surface area contributed by atoms with Gasteiger partial charge in [-0.05, 0) is 18.6 Å². The number of hydrogen-bond donors (Lipinski definition) is 1. The molecular weight excluding hydrogens is 346 g/mol. The fraction of sp³-hybridized carbons (Fsp3) is 0.429. The Labute approximate surface area is 138 Å². The summed E-state index contributed by atoms with van der Waals surface area (Å²) >= 11 is 5.86. The zero-order valence-corrected chi connectivity index (χ0v) is 13.7. The van der Waals surface area contributed by atoms with Gasteiger partial charge in [0.05, 0.1) is 16.5 Å². The Balaban J connectivity index is 1.68. The second-order valence-corrected chi connectivity index (χ2v) is 7.68. The first-order chi connectivity index (χ1) is 10.9. The highest BCUT2D eigenvalue weighted by atomic mass is 35.5. The first-order valence-electron chi connectivity index (χ1n) is 6.88. The molecule has 126 valence electrons. The van der Waals surface area contributed by atoms with Gasteiger partial charge in [-0.2, -0.15) is 0 Å². The van der Waals surface area contributed by atoms with Crippen LogP contribution in [0.15, 0.2) is 24.3 Å². The predicted molar refractivity (Wildman–Crippen MR) is 83.1 cm³/mol. The largest absolute Gasteiger partial charge is 0.480 e. The summed E-state index contributed by atoms with van der Waals surface area (Å²) in [5, 5.41) is 2.88. The topological polar surface area (TPSA) is 98.8 Å². The summed E-state index contributed by atoms with van der Waals surface area (Å²) in [5.41, 5.74) is 0. The molecular formula is C14H16ClNO6S. The first kappa shape index (κ1) is 17.6. The third-order valence-corrected chi connectivity index (χ3v) is 5.22. The molecule has 23 heavy (non-hydrogen) atoms. The van der Waals surface area contributed by atoms with E-state index in [9.17, 15) is 18.0 Å². The minimum absolute atomic E-state index is 0.0589. The summed E-state index contributed by atoms with van der Waals surface area (Å²) in [6.45, 7) is -0.865. The van der Waals surface area contributed by atoms with Crippen LogP contribution in [0.2, 0.25) is 5.02 Å². The lowest BCUT2D eigenvalue weighted by molar-refractivity contribution is -0.150. The van der Waals surface area contributed by atoms with Crippen molar-refractivity contribution in [2.45, 2.75) is 12.5 Å². The van der Waals surface area contributed by atoms with Crippen molar-refractivity contribution in [1.29, 1.82) is 0 Å². The molecule has 0 unspecified atom stereocenters. The first-order valence-corrected chi connectivity index (χ1v) is 9.08. The third kappa shape index (κ3) is 5.72. The van der Waals surface area contributed by atoms with Crippen molar-refractivity contribution in [3.63, 3.8) is 0 Å². The number of esters is 1. The van der Waals surface area contributed by atoms with Crippen molar-refractivity contribution in [3.05, 3.63) is 29.3 Å². The summed E-state index contributed by atoms with van der Waals surface area (Å²) in [4.78, 5) is 23.1. The lowest BCUT2D eigenvalue weighted by Gasteiger charge is -2.11. The van der Waals surface area contributed by atoms with Crippen LogP contribution in [0, 0.1) is 0 Å². The Morgan fingerprint density at radius 3 is 2.65 bits per heavy atom. The van der Waals surface area contributed by atoms with Crippen molar-refractivity contribution in [2.24, 2.45) is 0 Å². The molecule has 1 atom stereocenters. The molecule has 1 aromatic carbocycles. The van der Waals surface area contributed by atoms with Crippen molar-refractivity contribution in [3.8, 4) is 5.75 Å². The van der Waals surface area contributed by atoms with E-state index in [2.05, 4.69) is 5.32 Å². The van der Waals surface area contributed by atoms with Gasteiger partial charge in [0.2, 0.25) is 0 Å². The van der Waals surface area contributed by atoms with Gasteiger partial charge in [0, 0.05) is 6.04 Å². The zero-order chi connectivity index (χ0) is 16.9. The smallest absolute Gasteiger partial charge is 0.344 e. The monoisotopic (exact) mass is 361 g/mol. The molecule has 2 rings (SSSR count). The number of carbonyl (C=O) groups is 2. The number of halogens is 1. The highest BCUT2D eigenvalue weighted by molar-refractivity contribution is 7.91. The Hall–Kier alpha value is -1.80. The van der Waals surface area contributed by atoms with Gasteiger partial charge >= 0.3 is 5.97 Å². The molecule has 0 saturated carbocycles. The molecule has 0 spiro atoms. The van der Waals surface area contributed by atoms with Crippen molar-refractivity contribution in [2.75, 3.05) is 24.7 Å². The molecule has 1 fully saturated rings. The SMILES string of the molecule is O=C(COC(=O)COc1ccccc1Cl)N[C@H]1CCS(=O)(=O)C1. The molecule has 1 aromatic rings. The number of amides is 1. The molecule has 0 radical (unpaired) electrons. The molecule has 9 heteroatoms. The predicted octanol–water partition coefficient (Wildman–Crippen LogP) is 0.565. The number of para-hydroxylation sites is 1. The number of ether oxygens (including phenoxy) is 2. The van der Waals surface area contributed by atoms with E-state index in [4.69, 9.17) is 21.1 Å². The lowest BCUT2D eigenvalue weighted by atomic mass is 10.2. The van der Waals surface area contributed by atoms with Crippen LogP contribution < -0.4 is 10.1 Å². The van der Waals surface area contributed by atoms with Crippen LogP contribution in [0.3, 0.4) is 0 Å². The third-order valence-electron chi connectivity index (χ3n) is 3.14. The maximum Gasteiger partial charge on any atom is 0.344 e. The number of sulfone groups is 1. The number of hydrogen-bond acceptors (Lipinski definition) is 6. The van der Waals surface area contributed by atoms with Crippen LogP contribution in [-0.4, -0.2) is 51.1 Å². The van der Waals surface area contributed by atoms with Crippen LogP contribution in [0.5, 0.6) is 5.75 Å². The highest BCUT2D eigenvalue weighted by Crippen LogP contribution is 2.22. The zero-order valence-electron chi connectivity index (χ0n) is 12.2. The summed E-state index contributed by atoms with van der Waals surface area (Å²) in [6.07, 6.45) is 0.373. The van der Waals surface area contributed by atoms with Gasteiger partial charge in [-0.1, -0.05) is 23.7 Å². The number of nitrogens with one attached hydrogen (secondary N) is 1. The molecule has 1 heterocycles. The van der Waals surface area contributed by atoms with E-state index in [0.717, 1.165) is 0 Å². The second-order valence-electron chi connectivity index (χ2n) is 5.05. The molecule has 1 saturated heterocycles. The molecule has 7 nitrogen and oxygen atoms in total. The van der Waals surface area contributed by atoms with E-state index >= 15 is 0 Å². The minimum Gasteiger partial charge on any atom is -0.480 e. The van der Waals surface area contributed by atoms with Gasteiger partial charge < -0.3 is 14.8 Å². The maximum absolute atomic E-state index is 11.6. The Morgan fingerprint density at radius 2 is 2.00 bits per heavy atom. The van der Waals surface area contributed by atoms with Gasteiger partial charge in [0.15, 0.2) is 23.1 Å². The van der Waals surface area contributed by atoms with Crippen LogP contribution in [-0.2, 0) is 24.2 Å². The van der Waals surface area contributed by atoms with Crippen molar-refractivity contribution < 1.29 is 27.5 Å². The summed E-state index contributed by atoms with van der Waals surface area (Å²) in [7, 11) is -3.07. The maximum atomic E-state index is 11.6.